The number of aryl methyl sites for hydroxylation is 1. The van der Waals surface area contributed by atoms with Gasteiger partial charge >= 0.3 is 0 Å². The summed E-state index contributed by atoms with van der Waals surface area (Å²) < 4.78 is 25.2. The van der Waals surface area contributed by atoms with E-state index in [0.29, 0.717) is 40.7 Å². The van der Waals surface area contributed by atoms with Crippen molar-refractivity contribution in [2.45, 2.75) is 45.6 Å². The van der Waals surface area contributed by atoms with Gasteiger partial charge in [0, 0.05) is 10.4 Å². The van der Waals surface area contributed by atoms with Gasteiger partial charge in [0.15, 0.2) is 11.5 Å². The topological polar surface area (TPSA) is 95.1 Å². The normalized spacial score (nSPS) is 12.6. The van der Waals surface area contributed by atoms with Gasteiger partial charge in [-0.3, -0.25) is 4.79 Å². The Balaban J connectivity index is 1.63. The highest BCUT2D eigenvalue weighted by molar-refractivity contribution is 7.16. The van der Waals surface area contributed by atoms with Crippen LogP contribution in [0.5, 0.6) is 11.5 Å². The average molecular weight is 542 g/mol. The van der Waals surface area contributed by atoms with Crippen LogP contribution in [-0.4, -0.2) is 12.5 Å². The third kappa shape index (κ3) is 6.54. The lowest BCUT2D eigenvalue weighted by molar-refractivity contribution is -0.112. The van der Waals surface area contributed by atoms with Gasteiger partial charge in [0.25, 0.3) is 5.91 Å². The molecule has 1 aromatic heterocycles. The highest BCUT2D eigenvalue weighted by Crippen LogP contribution is 2.38. The van der Waals surface area contributed by atoms with Crippen LogP contribution in [0.15, 0.2) is 54.6 Å². The zero-order valence-electron chi connectivity index (χ0n) is 21.7. The number of amides is 1. The number of halogens is 1. The number of thiophene rings is 1. The zero-order valence-corrected chi connectivity index (χ0v) is 22.5. The molecule has 1 aliphatic carbocycles. The van der Waals surface area contributed by atoms with E-state index in [2.05, 4.69) is 18.0 Å². The molecular weight excluding hydrogens is 513 g/mol. The van der Waals surface area contributed by atoms with Crippen LogP contribution in [0.1, 0.15) is 52.5 Å². The summed E-state index contributed by atoms with van der Waals surface area (Å²) in [5.41, 5.74) is 3.55. The van der Waals surface area contributed by atoms with E-state index in [1.807, 2.05) is 19.1 Å². The fourth-order valence-electron chi connectivity index (χ4n) is 4.49. The molecule has 0 radical (unpaired) electrons. The van der Waals surface area contributed by atoms with Gasteiger partial charge in [-0.05, 0) is 86.1 Å². The molecule has 2 aromatic carbocycles. The molecular formula is C31H28FN3O3S. The van der Waals surface area contributed by atoms with Gasteiger partial charge in [-0.15, -0.1) is 17.9 Å². The number of rotatable bonds is 10. The Morgan fingerprint density at radius 1 is 1.18 bits per heavy atom. The van der Waals surface area contributed by atoms with Crippen molar-refractivity contribution in [3.8, 4) is 23.6 Å². The summed E-state index contributed by atoms with van der Waals surface area (Å²) in [4.78, 5) is 14.2. The molecule has 0 fully saturated rings. The number of anilines is 1. The number of nitriles is 2. The standard InChI is InChI=1S/C31H28FN3O3S/c1-3-7-22-14-21(16-27(37-4-2)29(22)38-19-20-10-12-24(32)13-11-20)15-23(17-33)30(36)35-31-26(18-34)25-8-5-6-9-28(25)39-31/h3,10-16H,1,4-9,19H2,2H3,(H,35,36)/b23-15+. The maximum atomic E-state index is 13.3. The van der Waals surface area contributed by atoms with E-state index < -0.39 is 5.91 Å². The fourth-order valence-corrected chi connectivity index (χ4v) is 5.73. The van der Waals surface area contributed by atoms with Crippen molar-refractivity contribution in [2.24, 2.45) is 0 Å². The van der Waals surface area contributed by atoms with E-state index in [1.54, 1.807) is 24.3 Å². The number of fused-ring (bicyclic) bond motifs is 1. The minimum absolute atomic E-state index is 0.0998. The third-order valence-electron chi connectivity index (χ3n) is 6.30. The molecule has 1 N–H and O–H groups in total. The lowest BCUT2D eigenvalue weighted by atomic mass is 9.96. The van der Waals surface area contributed by atoms with Crippen LogP contribution in [0.2, 0.25) is 0 Å². The molecule has 1 aliphatic rings. The second-order valence-electron chi connectivity index (χ2n) is 9.00. The lowest BCUT2D eigenvalue weighted by Gasteiger charge is -2.17. The maximum absolute atomic E-state index is 13.3. The first-order valence-electron chi connectivity index (χ1n) is 12.7. The summed E-state index contributed by atoms with van der Waals surface area (Å²) in [6.07, 6.45) is 7.49. The highest BCUT2D eigenvalue weighted by Gasteiger charge is 2.23. The summed E-state index contributed by atoms with van der Waals surface area (Å²) in [6.45, 7) is 6.26. The van der Waals surface area contributed by atoms with Crippen LogP contribution in [-0.2, 0) is 30.7 Å². The minimum Gasteiger partial charge on any atom is -0.490 e. The Bertz CT molecular complexity index is 1490. The molecule has 0 spiro atoms. The second-order valence-corrected chi connectivity index (χ2v) is 10.1. The summed E-state index contributed by atoms with van der Waals surface area (Å²) in [5.74, 6) is 0.0780. The molecule has 6 nitrogen and oxygen atoms in total. The summed E-state index contributed by atoms with van der Waals surface area (Å²) in [6, 6.07) is 13.8. The molecule has 198 valence electrons. The van der Waals surface area contributed by atoms with Crippen LogP contribution in [0, 0.1) is 28.5 Å². The predicted octanol–water partition coefficient (Wildman–Crippen LogP) is 6.89. The van der Waals surface area contributed by atoms with Crippen LogP contribution in [0.25, 0.3) is 6.08 Å². The van der Waals surface area contributed by atoms with Crippen molar-refractivity contribution in [3.05, 3.63) is 93.1 Å². The Hall–Kier alpha value is -4.40. The van der Waals surface area contributed by atoms with E-state index in [9.17, 15) is 19.7 Å². The fraction of sp³-hybridized carbons (Fsp3) is 0.258. The molecule has 8 heteroatoms. The first kappa shape index (κ1) is 27.6. The van der Waals surface area contributed by atoms with Gasteiger partial charge in [0.1, 0.15) is 35.1 Å². The van der Waals surface area contributed by atoms with E-state index in [0.717, 1.165) is 47.3 Å². The molecule has 0 saturated carbocycles. The van der Waals surface area contributed by atoms with Crippen molar-refractivity contribution in [3.63, 3.8) is 0 Å². The van der Waals surface area contributed by atoms with E-state index in [-0.39, 0.29) is 18.0 Å². The largest absolute Gasteiger partial charge is 0.490 e. The van der Waals surface area contributed by atoms with Gasteiger partial charge < -0.3 is 14.8 Å². The number of nitrogens with zero attached hydrogens (tertiary/aromatic N) is 2. The number of nitrogens with one attached hydrogen (secondary N) is 1. The van der Waals surface area contributed by atoms with Crippen molar-refractivity contribution in [2.75, 3.05) is 11.9 Å². The maximum Gasteiger partial charge on any atom is 0.266 e. The average Bonchev–Trinajstić information content (AvgIpc) is 3.29. The van der Waals surface area contributed by atoms with Crippen LogP contribution < -0.4 is 14.8 Å². The minimum atomic E-state index is -0.576. The molecule has 0 aliphatic heterocycles. The van der Waals surface area contributed by atoms with Gasteiger partial charge in [-0.1, -0.05) is 18.2 Å². The summed E-state index contributed by atoms with van der Waals surface area (Å²) in [7, 11) is 0. The van der Waals surface area contributed by atoms with Gasteiger partial charge in [0.05, 0.1) is 12.2 Å². The quantitative estimate of drug-likeness (QED) is 0.171. The number of ether oxygens (including phenoxy) is 2. The van der Waals surface area contributed by atoms with Crippen molar-refractivity contribution in [1.82, 2.24) is 0 Å². The zero-order chi connectivity index (χ0) is 27.8. The monoisotopic (exact) mass is 541 g/mol. The number of hydrogen-bond acceptors (Lipinski definition) is 6. The summed E-state index contributed by atoms with van der Waals surface area (Å²) >= 11 is 1.41. The van der Waals surface area contributed by atoms with Gasteiger partial charge in [0.2, 0.25) is 0 Å². The summed E-state index contributed by atoms with van der Waals surface area (Å²) in [5, 5.41) is 22.8. The van der Waals surface area contributed by atoms with Crippen LogP contribution >= 0.6 is 11.3 Å². The molecule has 0 saturated heterocycles. The van der Waals surface area contributed by atoms with Crippen LogP contribution in [0.4, 0.5) is 9.39 Å². The van der Waals surface area contributed by atoms with Crippen molar-refractivity contribution >= 4 is 28.3 Å². The first-order valence-corrected chi connectivity index (χ1v) is 13.5. The number of hydrogen-bond donors (Lipinski definition) is 1. The van der Waals surface area contributed by atoms with E-state index in [4.69, 9.17) is 9.47 Å². The van der Waals surface area contributed by atoms with Gasteiger partial charge in [-0.25, -0.2) is 4.39 Å². The molecule has 1 amide bonds. The predicted molar refractivity (Wildman–Crippen MR) is 150 cm³/mol. The Morgan fingerprint density at radius 2 is 1.95 bits per heavy atom. The van der Waals surface area contributed by atoms with Crippen molar-refractivity contribution < 1.29 is 18.7 Å². The number of benzene rings is 2. The highest BCUT2D eigenvalue weighted by atomic mass is 32.1. The van der Waals surface area contributed by atoms with Gasteiger partial charge in [-0.2, -0.15) is 10.5 Å². The van der Waals surface area contributed by atoms with Crippen molar-refractivity contribution in [1.29, 1.82) is 10.5 Å². The number of carbonyl (C=O) groups excluding carboxylic acids is 1. The smallest absolute Gasteiger partial charge is 0.266 e. The first-order chi connectivity index (χ1) is 19.0. The second kappa shape index (κ2) is 12.9. The Labute approximate surface area is 231 Å². The Kier molecular flexibility index (Phi) is 9.14. The number of carbonyl (C=O) groups is 1. The molecule has 3 aromatic rings. The van der Waals surface area contributed by atoms with E-state index >= 15 is 0 Å². The molecule has 0 unspecified atom stereocenters. The third-order valence-corrected chi connectivity index (χ3v) is 7.51. The SMILES string of the molecule is C=CCc1cc(/C=C(\C#N)C(=O)Nc2sc3c(c2C#N)CCCC3)cc(OCC)c1OCc1ccc(F)cc1. The molecule has 0 bridgehead atoms. The lowest BCUT2D eigenvalue weighted by Crippen LogP contribution is -2.13. The van der Waals surface area contributed by atoms with Crippen LogP contribution in [0.3, 0.4) is 0 Å². The van der Waals surface area contributed by atoms with E-state index in [1.165, 1.54) is 29.5 Å². The number of allylic oxidation sites excluding steroid dienone is 1. The molecule has 0 atom stereocenters. The molecule has 1 heterocycles. The molecule has 4 rings (SSSR count). The Morgan fingerprint density at radius 3 is 2.64 bits per heavy atom. The molecule has 39 heavy (non-hydrogen) atoms.